The number of rotatable bonds is 6. The second-order valence-electron chi connectivity index (χ2n) is 19.7. The molecule has 0 aliphatic carbocycles. The summed E-state index contributed by atoms with van der Waals surface area (Å²) in [5.74, 6) is -36.3. The highest BCUT2D eigenvalue weighted by Crippen LogP contribution is 2.57. The minimum atomic E-state index is -3.18. The predicted octanol–water partition coefficient (Wildman–Crippen LogP) is 2.88. The van der Waals surface area contributed by atoms with Gasteiger partial charge in [0.1, 0.15) is 36.1 Å². The Morgan fingerprint density at radius 1 is 0.443 bits per heavy atom. The molecule has 7 atom stereocenters. The lowest BCUT2D eigenvalue weighted by Crippen LogP contribution is -2.55. The third kappa shape index (κ3) is 9.61. The van der Waals surface area contributed by atoms with Crippen molar-refractivity contribution < 1.29 is 160 Å². The monoisotopic (exact) mass is 1230 g/mol. The van der Waals surface area contributed by atoms with E-state index in [0.717, 1.165) is 18.2 Å². The van der Waals surface area contributed by atoms with Crippen LogP contribution in [0, 0.1) is 0 Å². The Hall–Kier alpha value is -12.2. The molecule has 0 aromatic heterocycles. The van der Waals surface area contributed by atoms with E-state index in [1.807, 2.05) is 0 Å². The summed E-state index contributed by atoms with van der Waals surface area (Å²) in [5.41, 5.74) is -12.9. The van der Waals surface area contributed by atoms with Gasteiger partial charge in [0.15, 0.2) is 99.2 Å². The van der Waals surface area contributed by atoms with Gasteiger partial charge in [-0.3, -0.25) is 0 Å². The third-order valence-corrected chi connectivity index (χ3v) is 14.4. The van der Waals surface area contributed by atoms with Gasteiger partial charge in [0.05, 0.1) is 39.5 Å². The molecule has 0 saturated heterocycles. The summed E-state index contributed by atoms with van der Waals surface area (Å²) in [4.78, 5) is 74.6. The lowest BCUT2D eigenvalue weighted by Gasteiger charge is -2.39. The molecule has 7 aromatic rings. The Bertz CT molecular complexity index is 4170. The van der Waals surface area contributed by atoms with Gasteiger partial charge in [-0.25, -0.2) is 24.0 Å². The first-order valence-electron chi connectivity index (χ1n) is 24.9. The zero-order chi connectivity index (χ0) is 64.1. The summed E-state index contributed by atoms with van der Waals surface area (Å²) < 4.78 is 34.9. The lowest BCUT2D eigenvalue weighted by atomic mass is 9.87. The third-order valence-electron chi connectivity index (χ3n) is 14.4. The molecule has 88 heavy (non-hydrogen) atoms. The van der Waals surface area contributed by atoms with Gasteiger partial charge >= 0.3 is 29.8 Å². The van der Waals surface area contributed by atoms with Crippen molar-refractivity contribution in [3.8, 4) is 137 Å². The van der Waals surface area contributed by atoms with Gasteiger partial charge in [-0.15, -0.1) is 0 Å². The highest BCUT2D eigenvalue weighted by molar-refractivity contribution is 6.10. The van der Waals surface area contributed by atoms with Crippen molar-refractivity contribution >= 4 is 29.8 Å². The van der Waals surface area contributed by atoms with E-state index >= 15 is 14.4 Å². The molecular formula is C56H42O32. The number of fused-ring (bicyclic) bond motifs is 7. The maximum Gasteiger partial charge on any atom is 0.339 e. The predicted molar refractivity (Wildman–Crippen MR) is 280 cm³/mol. The van der Waals surface area contributed by atoms with Gasteiger partial charge in [0, 0.05) is 40.3 Å². The van der Waals surface area contributed by atoms with Crippen molar-refractivity contribution in [2.45, 2.75) is 49.1 Å². The highest BCUT2D eigenvalue weighted by Gasteiger charge is 2.52. The molecule has 32 heteroatoms. The fourth-order valence-corrected chi connectivity index (χ4v) is 10.1. The largest absolute Gasteiger partial charge is 0.507 e. The Balaban J connectivity index is 1.28. The van der Waals surface area contributed by atoms with E-state index in [1.165, 1.54) is 0 Å². The van der Waals surface area contributed by atoms with Crippen LogP contribution in [0.15, 0.2) is 60.7 Å². The van der Waals surface area contributed by atoms with Crippen LogP contribution < -0.4 is 4.74 Å². The fourth-order valence-electron chi connectivity index (χ4n) is 10.1. The second kappa shape index (κ2) is 21.5. The van der Waals surface area contributed by atoms with E-state index in [4.69, 9.17) is 28.4 Å². The molecule has 3 heterocycles. The minimum Gasteiger partial charge on any atom is -0.507 e. The van der Waals surface area contributed by atoms with Crippen LogP contribution in [0.5, 0.6) is 115 Å². The number of carbonyl (C=O) groups is 5. The van der Waals surface area contributed by atoms with Crippen LogP contribution in [-0.4, -0.2) is 174 Å². The van der Waals surface area contributed by atoms with Crippen LogP contribution >= 0.6 is 0 Å². The molecule has 0 bridgehead atoms. The Kier molecular flexibility index (Phi) is 14.4. The number of hydrogen-bond acceptors (Lipinski definition) is 32. The molecule has 0 radical (unpaired) electrons. The Morgan fingerprint density at radius 2 is 0.875 bits per heavy atom. The first-order chi connectivity index (χ1) is 41.4. The van der Waals surface area contributed by atoms with Crippen molar-refractivity contribution in [1.29, 1.82) is 0 Å². The van der Waals surface area contributed by atoms with Crippen molar-refractivity contribution in [2.24, 2.45) is 0 Å². The van der Waals surface area contributed by atoms with Crippen LogP contribution in [-0.2, 0) is 30.1 Å². The number of aliphatic hydroxyl groups is 2. The minimum absolute atomic E-state index is 0.158. The molecular weight excluding hydrogens is 1180 g/mol. The molecule has 3 aliphatic heterocycles. The highest BCUT2D eigenvalue weighted by atomic mass is 16.6. The molecule has 458 valence electrons. The summed E-state index contributed by atoms with van der Waals surface area (Å²) in [5, 5.41) is 231. The van der Waals surface area contributed by atoms with Crippen LogP contribution in [0.25, 0.3) is 22.3 Å². The van der Waals surface area contributed by atoms with Crippen LogP contribution in [0.2, 0.25) is 0 Å². The molecule has 0 fully saturated rings. The summed E-state index contributed by atoms with van der Waals surface area (Å²) in [6.45, 7) is -1.69. The number of carbonyl (C=O) groups excluding carboxylic acids is 5. The number of esters is 5. The van der Waals surface area contributed by atoms with E-state index in [0.29, 0.717) is 30.3 Å². The number of phenolic OH excluding ortho intramolecular Hbond substituents is 19. The number of aromatic hydroxyl groups is 19. The molecule has 0 unspecified atom stereocenters. The fraction of sp³-hybridized carbons (Fsp3) is 0.161. The standard InChI is InChI=1S/C56H42O32/c57-20-2-1-13(3-22(20)59)47-30(67)6-15-21(58)11-23(60)36(48(15)85-47)46(77)50-51(88-56(82)19-10-29(66)41(72)45(76)35(19)34-18(55(81)87-50)9-28(65)40(71)44(34)75)49-31(84-52(78)14-4-24(61)37(68)25(62)5-14)12-83-53(79)16-7-26(63)38(69)42(73)32(16)33-17(54(80)86-49)8-27(64)39(70)43(33)74/h1-5,7-11,30-31,46-47,49-51,57-77H,6,12H2/t30-,31+,46-,47+,49+,50-,51-/m0/s1. The maximum absolute atomic E-state index is 15.3. The number of benzene rings is 7. The second-order valence-corrected chi connectivity index (χ2v) is 19.7. The van der Waals surface area contributed by atoms with E-state index in [1.54, 1.807) is 0 Å². The van der Waals surface area contributed by atoms with Gasteiger partial charge in [-0.1, -0.05) is 6.07 Å². The van der Waals surface area contributed by atoms with E-state index in [-0.39, 0.29) is 17.7 Å². The van der Waals surface area contributed by atoms with Gasteiger partial charge in [-0.05, 0) is 54.1 Å². The summed E-state index contributed by atoms with van der Waals surface area (Å²) in [7, 11) is 0. The number of aliphatic hydroxyl groups excluding tert-OH is 2. The number of ether oxygens (including phenoxy) is 6. The van der Waals surface area contributed by atoms with E-state index in [9.17, 15) is 117 Å². The van der Waals surface area contributed by atoms with Gasteiger partial charge in [-0.2, -0.15) is 0 Å². The summed E-state index contributed by atoms with van der Waals surface area (Å²) in [6.07, 6.45) is -19.5. The van der Waals surface area contributed by atoms with Gasteiger partial charge in [0.2, 0.25) is 23.0 Å². The van der Waals surface area contributed by atoms with Crippen molar-refractivity contribution in [3.05, 3.63) is 105 Å². The smallest absolute Gasteiger partial charge is 0.339 e. The zero-order valence-electron chi connectivity index (χ0n) is 43.6. The zero-order valence-corrected chi connectivity index (χ0v) is 43.6. The number of cyclic esters (lactones) is 4. The number of phenols is 19. The SMILES string of the molecule is O=C(O[C@@H]1COC(=O)c2cc(O)c(O)c(O)c2-c2c(cc(O)c(O)c2O)C(=O)O[C@H]1[C@@H]1OC(=O)c2cc(O)c(O)c(O)c2-c2c(cc(O)c(O)c2O)C(=O)O[C@H]1[C@@H](O)c1c(O)cc(O)c2c1O[C@H](c1ccc(O)c(O)c1)[C@@H](O)C2)c1cc(O)c(O)c(O)c1. The van der Waals surface area contributed by atoms with Crippen molar-refractivity contribution in [3.63, 3.8) is 0 Å². The van der Waals surface area contributed by atoms with E-state index < -0.39 is 262 Å². The van der Waals surface area contributed by atoms with Crippen molar-refractivity contribution in [2.75, 3.05) is 6.61 Å². The molecule has 3 aliphatic rings. The Labute approximate surface area is 486 Å². The topological polar surface area (TPSA) is 566 Å². The quantitative estimate of drug-likeness (QED) is 0.0646. The normalized spacial score (nSPS) is 19.4. The molecule has 0 amide bonds. The van der Waals surface area contributed by atoms with Crippen LogP contribution in [0.1, 0.15) is 80.7 Å². The van der Waals surface area contributed by atoms with Gasteiger partial charge < -0.3 is 136 Å². The maximum atomic E-state index is 15.3. The van der Waals surface area contributed by atoms with Gasteiger partial charge in [0.25, 0.3) is 0 Å². The first kappa shape index (κ1) is 59.0. The number of hydrogen-bond donors (Lipinski definition) is 21. The summed E-state index contributed by atoms with van der Waals surface area (Å²) in [6, 6.07) is 5.54. The molecule has 7 aromatic carbocycles. The van der Waals surface area contributed by atoms with Crippen LogP contribution in [0.3, 0.4) is 0 Å². The molecule has 10 rings (SSSR count). The molecule has 32 nitrogen and oxygen atoms in total. The molecule has 0 saturated carbocycles. The summed E-state index contributed by atoms with van der Waals surface area (Å²) >= 11 is 0. The average Bonchev–Trinajstić information content (AvgIpc) is 1.15. The average molecular weight is 1230 g/mol. The van der Waals surface area contributed by atoms with Crippen LogP contribution in [0.4, 0.5) is 0 Å². The first-order valence-corrected chi connectivity index (χ1v) is 24.9. The molecule has 21 N–H and O–H groups in total. The van der Waals surface area contributed by atoms with E-state index in [2.05, 4.69) is 0 Å². The van der Waals surface area contributed by atoms with Crippen molar-refractivity contribution in [1.82, 2.24) is 0 Å². The lowest BCUT2D eigenvalue weighted by molar-refractivity contribution is -0.152. The molecule has 0 spiro atoms. The Morgan fingerprint density at radius 3 is 1.34 bits per heavy atom.